The molecule has 0 bridgehead atoms. The molecule has 0 aliphatic heterocycles. The van der Waals surface area contributed by atoms with Crippen LogP contribution in [-0.4, -0.2) is 25.8 Å². The molecule has 0 saturated heterocycles. The Balaban J connectivity index is 2.58. The lowest BCUT2D eigenvalue weighted by molar-refractivity contribution is -0.144. The van der Waals surface area contributed by atoms with Gasteiger partial charge in [-0.15, -0.1) is 0 Å². The van der Waals surface area contributed by atoms with Crippen molar-refractivity contribution in [2.45, 2.75) is 19.4 Å². The molecule has 5 heteroatoms. The molecule has 0 amide bonds. The van der Waals surface area contributed by atoms with E-state index in [4.69, 9.17) is 0 Å². The summed E-state index contributed by atoms with van der Waals surface area (Å²) in [7, 11) is 0. The molecule has 1 atom stereocenters. The number of carbonyl (C=O) groups is 1. The Morgan fingerprint density at radius 1 is 1.41 bits per heavy atom. The summed E-state index contributed by atoms with van der Waals surface area (Å²) < 4.78 is 1.46. The fourth-order valence-electron chi connectivity index (χ4n) is 1.69. The number of aliphatic carboxylic acids is 1. The van der Waals surface area contributed by atoms with Crippen LogP contribution in [0.3, 0.4) is 0 Å². The molecule has 88 valence electrons. The number of nitrogens with zero attached hydrogens (tertiary/aromatic N) is 3. The number of hydrogen-bond acceptors (Lipinski definition) is 3. The third-order valence-corrected chi connectivity index (χ3v) is 2.83. The quantitative estimate of drug-likeness (QED) is 0.867. The smallest absolute Gasteiger partial charge is 0.336 e. The zero-order valence-corrected chi connectivity index (χ0v) is 9.66. The molecule has 0 fully saturated rings. The molecule has 1 N–H and O–H groups in total. The van der Waals surface area contributed by atoms with Crippen LogP contribution in [0, 0.1) is 6.92 Å². The molecular weight excluding hydrogens is 218 g/mol. The lowest BCUT2D eigenvalue weighted by Crippen LogP contribution is -2.40. The summed E-state index contributed by atoms with van der Waals surface area (Å²) in [5.74, 6) is -0.952. The summed E-state index contributed by atoms with van der Waals surface area (Å²) in [5.41, 5.74) is 0.353. The van der Waals surface area contributed by atoms with Gasteiger partial charge in [-0.1, -0.05) is 0 Å². The number of carboxylic acid groups (broad SMARTS) is 1. The first-order valence-corrected chi connectivity index (χ1v) is 5.21. The summed E-state index contributed by atoms with van der Waals surface area (Å²) in [4.78, 5) is 15.4. The number of hydrogen-bond donors (Lipinski definition) is 1. The maximum absolute atomic E-state index is 11.6. The van der Waals surface area contributed by atoms with Crippen LogP contribution in [0.1, 0.15) is 18.1 Å². The summed E-state index contributed by atoms with van der Waals surface area (Å²) in [6.07, 6.45) is 6.51. The standard InChI is InChI=1S/C12H13N3O2/c1-9-7-14-15(8-9)12(2,11(16)17)10-3-5-13-6-4-10/h3-8H,1-2H3,(H,16,17). The van der Waals surface area contributed by atoms with Gasteiger partial charge in [0.25, 0.3) is 0 Å². The van der Waals surface area contributed by atoms with E-state index in [1.165, 1.54) is 4.68 Å². The van der Waals surface area contributed by atoms with Crippen LogP contribution >= 0.6 is 0 Å². The Kier molecular flexibility index (Phi) is 2.67. The van der Waals surface area contributed by atoms with E-state index < -0.39 is 11.5 Å². The van der Waals surface area contributed by atoms with Crippen molar-refractivity contribution in [3.63, 3.8) is 0 Å². The van der Waals surface area contributed by atoms with E-state index in [0.717, 1.165) is 5.56 Å². The summed E-state index contributed by atoms with van der Waals surface area (Å²) >= 11 is 0. The van der Waals surface area contributed by atoms with Crippen molar-refractivity contribution in [3.8, 4) is 0 Å². The van der Waals surface area contributed by atoms with Crippen LogP contribution in [0.25, 0.3) is 0 Å². The zero-order chi connectivity index (χ0) is 12.5. The first-order chi connectivity index (χ1) is 8.05. The molecule has 1 unspecified atom stereocenters. The molecule has 0 spiro atoms. The molecule has 2 heterocycles. The van der Waals surface area contributed by atoms with Gasteiger partial charge in [-0.2, -0.15) is 5.10 Å². The number of pyridine rings is 1. The highest BCUT2D eigenvalue weighted by Crippen LogP contribution is 2.25. The van der Waals surface area contributed by atoms with Crippen molar-refractivity contribution in [1.29, 1.82) is 0 Å². The second kappa shape index (κ2) is 4.01. The predicted molar refractivity (Wildman–Crippen MR) is 61.6 cm³/mol. The van der Waals surface area contributed by atoms with E-state index in [0.29, 0.717) is 5.56 Å². The van der Waals surface area contributed by atoms with Gasteiger partial charge in [0.05, 0.1) is 6.20 Å². The van der Waals surface area contributed by atoms with Gasteiger partial charge in [-0.05, 0) is 37.1 Å². The maximum atomic E-state index is 11.6. The van der Waals surface area contributed by atoms with Gasteiger partial charge in [0.1, 0.15) is 0 Å². The largest absolute Gasteiger partial charge is 0.479 e. The highest BCUT2D eigenvalue weighted by Gasteiger charge is 2.38. The van der Waals surface area contributed by atoms with E-state index in [9.17, 15) is 9.90 Å². The van der Waals surface area contributed by atoms with Crippen molar-refractivity contribution in [3.05, 3.63) is 48.0 Å². The van der Waals surface area contributed by atoms with E-state index in [2.05, 4.69) is 10.1 Å². The van der Waals surface area contributed by atoms with Gasteiger partial charge < -0.3 is 5.11 Å². The number of carboxylic acids is 1. The molecule has 0 saturated carbocycles. The van der Waals surface area contributed by atoms with Crippen molar-refractivity contribution in [2.75, 3.05) is 0 Å². The maximum Gasteiger partial charge on any atom is 0.336 e. The number of aryl methyl sites for hydroxylation is 1. The molecule has 2 aromatic heterocycles. The second-order valence-electron chi connectivity index (χ2n) is 4.08. The average molecular weight is 231 g/mol. The van der Waals surface area contributed by atoms with E-state index >= 15 is 0 Å². The van der Waals surface area contributed by atoms with E-state index in [1.807, 2.05) is 6.92 Å². The number of rotatable bonds is 3. The Morgan fingerprint density at radius 2 is 2.06 bits per heavy atom. The van der Waals surface area contributed by atoms with Crippen LogP contribution in [0.5, 0.6) is 0 Å². The van der Waals surface area contributed by atoms with Crippen molar-refractivity contribution < 1.29 is 9.90 Å². The average Bonchev–Trinajstić information content (AvgIpc) is 2.76. The third-order valence-electron chi connectivity index (χ3n) is 2.83. The minimum atomic E-state index is -1.21. The molecule has 17 heavy (non-hydrogen) atoms. The highest BCUT2D eigenvalue weighted by atomic mass is 16.4. The van der Waals surface area contributed by atoms with Crippen molar-refractivity contribution >= 4 is 5.97 Å². The van der Waals surface area contributed by atoms with Crippen LogP contribution in [0.4, 0.5) is 0 Å². The Bertz CT molecular complexity index is 536. The lowest BCUT2D eigenvalue weighted by atomic mass is 9.93. The summed E-state index contributed by atoms with van der Waals surface area (Å²) in [6.45, 7) is 3.50. The number of aromatic nitrogens is 3. The zero-order valence-electron chi connectivity index (χ0n) is 9.66. The molecule has 2 aromatic rings. The first-order valence-electron chi connectivity index (χ1n) is 5.21. The molecule has 5 nitrogen and oxygen atoms in total. The van der Waals surface area contributed by atoms with Gasteiger partial charge in [-0.3, -0.25) is 9.67 Å². The van der Waals surface area contributed by atoms with Crippen molar-refractivity contribution in [1.82, 2.24) is 14.8 Å². The fraction of sp³-hybridized carbons (Fsp3) is 0.250. The highest BCUT2D eigenvalue weighted by molar-refractivity contribution is 5.80. The Labute approximate surface area is 98.7 Å². The van der Waals surface area contributed by atoms with Crippen LogP contribution in [0.2, 0.25) is 0 Å². The molecule has 0 radical (unpaired) electrons. The molecule has 2 rings (SSSR count). The van der Waals surface area contributed by atoms with Crippen LogP contribution in [0.15, 0.2) is 36.9 Å². The van der Waals surface area contributed by atoms with Gasteiger partial charge in [0.15, 0.2) is 5.54 Å². The molecular formula is C12H13N3O2. The van der Waals surface area contributed by atoms with Gasteiger partial charge in [0.2, 0.25) is 0 Å². The normalized spacial score (nSPS) is 14.2. The predicted octanol–water partition coefficient (Wildman–Crippen LogP) is 1.43. The molecule has 0 aliphatic carbocycles. The van der Waals surface area contributed by atoms with Gasteiger partial charge >= 0.3 is 5.97 Å². The van der Waals surface area contributed by atoms with E-state index in [1.54, 1.807) is 43.8 Å². The van der Waals surface area contributed by atoms with Gasteiger partial charge in [-0.25, -0.2) is 4.79 Å². The summed E-state index contributed by atoms with van der Waals surface area (Å²) in [6, 6.07) is 3.37. The van der Waals surface area contributed by atoms with Crippen molar-refractivity contribution in [2.24, 2.45) is 0 Å². The van der Waals surface area contributed by atoms with Gasteiger partial charge in [0, 0.05) is 18.6 Å². The van der Waals surface area contributed by atoms with Crippen LogP contribution in [-0.2, 0) is 10.3 Å². The summed E-state index contributed by atoms with van der Waals surface area (Å²) in [5, 5.41) is 13.6. The minimum absolute atomic E-state index is 0.642. The van der Waals surface area contributed by atoms with Crippen LogP contribution < -0.4 is 0 Å². The Morgan fingerprint density at radius 3 is 2.53 bits per heavy atom. The minimum Gasteiger partial charge on any atom is -0.479 e. The monoisotopic (exact) mass is 231 g/mol. The molecule has 0 aliphatic rings. The SMILES string of the molecule is Cc1cnn(C(C)(C(=O)O)c2ccncc2)c1. The third kappa shape index (κ3) is 1.80. The second-order valence-corrected chi connectivity index (χ2v) is 4.08. The van der Waals surface area contributed by atoms with E-state index in [-0.39, 0.29) is 0 Å². The lowest BCUT2D eigenvalue weighted by Gasteiger charge is -2.25. The first kappa shape index (κ1) is 11.3. The Hall–Kier alpha value is -2.17. The molecule has 0 aromatic carbocycles. The fourth-order valence-corrected chi connectivity index (χ4v) is 1.69. The topological polar surface area (TPSA) is 68.0 Å².